The van der Waals surface area contributed by atoms with E-state index < -0.39 is 0 Å². The topological polar surface area (TPSA) is 53.1 Å². The van der Waals surface area contributed by atoms with E-state index in [4.69, 9.17) is 10.5 Å². The summed E-state index contributed by atoms with van der Waals surface area (Å²) in [5.41, 5.74) is 9.62. The summed E-state index contributed by atoms with van der Waals surface area (Å²) in [6.07, 6.45) is 3.76. The van der Waals surface area contributed by atoms with Gasteiger partial charge >= 0.3 is 0 Å². The molecular weight excluding hydrogens is 238 g/mol. The van der Waals surface area contributed by atoms with Crippen LogP contribution in [0.1, 0.15) is 42.3 Å². The number of hydrogen-bond donors (Lipinski definition) is 1. The van der Waals surface area contributed by atoms with Crippen molar-refractivity contribution in [2.75, 3.05) is 0 Å². The molecule has 0 spiro atoms. The van der Waals surface area contributed by atoms with E-state index in [1.807, 2.05) is 42.2 Å². The second-order valence-electron chi connectivity index (χ2n) is 5.04. The molecule has 0 radical (unpaired) electrons. The Morgan fingerprint density at radius 3 is 2.95 bits per heavy atom. The van der Waals surface area contributed by atoms with Gasteiger partial charge in [0.2, 0.25) is 0 Å². The van der Waals surface area contributed by atoms with Gasteiger partial charge in [-0.2, -0.15) is 5.10 Å². The largest absolute Gasteiger partial charge is 0.485 e. The molecule has 2 aromatic rings. The number of benzene rings is 1. The molecule has 19 heavy (non-hydrogen) atoms. The Morgan fingerprint density at radius 1 is 1.37 bits per heavy atom. The summed E-state index contributed by atoms with van der Waals surface area (Å²) in [5.74, 6) is 0.900. The first kappa shape index (κ1) is 12.2. The van der Waals surface area contributed by atoms with Crippen molar-refractivity contribution in [2.24, 2.45) is 12.8 Å². The number of ether oxygens (including phenoxy) is 1. The van der Waals surface area contributed by atoms with Crippen LogP contribution in [-0.4, -0.2) is 9.78 Å². The van der Waals surface area contributed by atoms with Crippen LogP contribution in [0, 0.1) is 0 Å². The summed E-state index contributed by atoms with van der Waals surface area (Å²) in [6.45, 7) is 2.11. The van der Waals surface area contributed by atoms with Crippen molar-refractivity contribution < 1.29 is 4.74 Å². The molecule has 1 aliphatic rings. The van der Waals surface area contributed by atoms with Crippen LogP contribution in [0.5, 0.6) is 5.75 Å². The normalized spacial score (nSPS) is 21.8. The standard InChI is InChI=1S/C15H19N3O/c1-3-13-11(9-18(2)17-13)15-8-12(16)10-6-4-5-7-14(10)19-15/h4-7,9,12,15H,3,8,16H2,1-2H3/t12-,15?/m1/s1. The van der Waals surface area contributed by atoms with Gasteiger partial charge in [0.15, 0.2) is 0 Å². The zero-order chi connectivity index (χ0) is 13.4. The zero-order valence-electron chi connectivity index (χ0n) is 11.3. The average molecular weight is 257 g/mol. The number of para-hydroxylation sites is 1. The highest BCUT2D eigenvalue weighted by Crippen LogP contribution is 2.40. The lowest BCUT2D eigenvalue weighted by Crippen LogP contribution is -2.24. The van der Waals surface area contributed by atoms with Crippen LogP contribution >= 0.6 is 0 Å². The van der Waals surface area contributed by atoms with E-state index >= 15 is 0 Å². The highest BCUT2D eigenvalue weighted by atomic mass is 16.5. The number of fused-ring (bicyclic) bond motifs is 1. The number of aryl methyl sites for hydroxylation is 2. The summed E-state index contributed by atoms with van der Waals surface area (Å²) in [6, 6.07) is 8.05. The molecule has 2 heterocycles. The minimum atomic E-state index is 0.00792. The quantitative estimate of drug-likeness (QED) is 0.899. The predicted molar refractivity (Wildman–Crippen MR) is 73.9 cm³/mol. The number of rotatable bonds is 2. The van der Waals surface area contributed by atoms with Crippen LogP contribution in [0.25, 0.3) is 0 Å². The summed E-state index contributed by atoms with van der Waals surface area (Å²) < 4.78 is 7.96. The Bertz CT molecular complexity index is 591. The zero-order valence-corrected chi connectivity index (χ0v) is 11.3. The third-order valence-corrected chi connectivity index (χ3v) is 3.68. The molecule has 100 valence electrons. The van der Waals surface area contributed by atoms with E-state index in [-0.39, 0.29) is 12.1 Å². The minimum absolute atomic E-state index is 0.00792. The minimum Gasteiger partial charge on any atom is -0.485 e. The number of hydrogen-bond acceptors (Lipinski definition) is 3. The lowest BCUT2D eigenvalue weighted by molar-refractivity contribution is 0.160. The summed E-state index contributed by atoms with van der Waals surface area (Å²) in [5, 5.41) is 4.48. The molecule has 0 fully saturated rings. The van der Waals surface area contributed by atoms with Crippen LogP contribution in [0.3, 0.4) is 0 Å². The molecule has 4 heteroatoms. The first-order valence-electron chi connectivity index (χ1n) is 6.72. The fraction of sp³-hybridized carbons (Fsp3) is 0.400. The highest BCUT2D eigenvalue weighted by molar-refractivity contribution is 5.39. The molecule has 0 aliphatic carbocycles. The fourth-order valence-electron chi connectivity index (χ4n) is 2.74. The van der Waals surface area contributed by atoms with Gasteiger partial charge in [-0.25, -0.2) is 0 Å². The molecule has 0 saturated heterocycles. The van der Waals surface area contributed by atoms with Crippen LogP contribution in [0.15, 0.2) is 30.5 Å². The van der Waals surface area contributed by atoms with Gasteiger partial charge in [0, 0.05) is 36.8 Å². The lowest BCUT2D eigenvalue weighted by Gasteiger charge is -2.30. The first-order chi connectivity index (χ1) is 9.19. The highest BCUT2D eigenvalue weighted by Gasteiger charge is 2.29. The second kappa shape index (κ2) is 4.70. The van der Waals surface area contributed by atoms with Gasteiger partial charge in [0.25, 0.3) is 0 Å². The molecule has 3 rings (SSSR count). The Morgan fingerprint density at radius 2 is 2.16 bits per heavy atom. The Labute approximate surface area is 113 Å². The van der Waals surface area contributed by atoms with Crippen molar-refractivity contribution in [3.05, 3.63) is 47.3 Å². The molecule has 1 unspecified atom stereocenters. The summed E-state index contributed by atoms with van der Waals surface area (Å²) in [4.78, 5) is 0. The molecule has 1 aromatic carbocycles. The number of nitrogens with two attached hydrogens (primary N) is 1. The van der Waals surface area contributed by atoms with Crippen LogP contribution in [0.2, 0.25) is 0 Å². The number of nitrogens with zero attached hydrogens (tertiary/aromatic N) is 2. The smallest absolute Gasteiger partial charge is 0.129 e. The van der Waals surface area contributed by atoms with Gasteiger partial charge in [-0.3, -0.25) is 4.68 Å². The maximum atomic E-state index is 6.27. The van der Waals surface area contributed by atoms with E-state index in [2.05, 4.69) is 12.0 Å². The van der Waals surface area contributed by atoms with Crippen molar-refractivity contribution in [3.8, 4) is 5.75 Å². The fourth-order valence-corrected chi connectivity index (χ4v) is 2.74. The molecule has 0 amide bonds. The van der Waals surface area contributed by atoms with E-state index in [0.29, 0.717) is 0 Å². The summed E-state index contributed by atoms with van der Waals surface area (Å²) in [7, 11) is 1.94. The maximum Gasteiger partial charge on any atom is 0.129 e. The maximum absolute atomic E-state index is 6.27. The van der Waals surface area contributed by atoms with Crippen LogP contribution < -0.4 is 10.5 Å². The SMILES string of the molecule is CCc1nn(C)cc1C1C[C@@H](N)c2ccccc2O1. The van der Waals surface area contributed by atoms with Crippen molar-refractivity contribution in [1.82, 2.24) is 9.78 Å². The van der Waals surface area contributed by atoms with Crippen molar-refractivity contribution >= 4 is 0 Å². The molecule has 0 saturated carbocycles. The number of aromatic nitrogens is 2. The Balaban J connectivity index is 1.96. The third-order valence-electron chi connectivity index (χ3n) is 3.68. The molecule has 1 aromatic heterocycles. The second-order valence-corrected chi connectivity index (χ2v) is 5.04. The van der Waals surface area contributed by atoms with Gasteiger partial charge in [-0.15, -0.1) is 0 Å². The molecule has 4 nitrogen and oxygen atoms in total. The van der Waals surface area contributed by atoms with Crippen molar-refractivity contribution in [3.63, 3.8) is 0 Å². The van der Waals surface area contributed by atoms with Crippen LogP contribution in [0.4, 0.5) is 0 Å². The molecule has 0 bridgehead atoms. The van der Waals surface area contributed by atoms with E-state index in [1.165, 1.54) is 0 Å². The molecule has 1 aliphatic heterocycles. The van der Waals surface area contributed by atoms with Gasteiger partial charge < -0.3 is 10.5 Å². The van der Waals surface area contributed by atoms with Crippen molar-refractivity contribution in [2.45, 2.75) is 31.9 Å². The molecule has 2 N–H and O–H groups in total. The predicted octanol–water partition coefficient (Wildman–Crippen LogP) is 2.51. The molecular formula is C15H19N3O. The van der Waals surface area contributed by atoms with Gasteiger partial charge in [-0.1, -0.05) is 25.1 Å². The van der Waals surface area contributed by atoms with Crippen molar-refractivity contribution in [1.29, 1.82) is 0 Å². The van der Waals surface area contributed by atoms with Gasteiger partial charge in [0.05, 0.1) is 5.69 Å². The third kappa shape index (κ3) is 2.12. The van der Waals surface area contributed by atoms with E-state index in [9.17, 15) is 0 Å². The van der Waals surface area contributed by atoms with E-state index in [1.54, 1.807) is 0 Å². The average Bonchev–Trinajstić information content (AvgIpc) is 2.80. The molecule has 2 atom stereocenters. The van der Waals surface area contributed by atoms with E-state index in [0.717, 1.165) is 35.4 Å². The summed E-state index contributed by atoms with van der Waals surface area (Å²) >= 11 is 0. The monoisotopic (exact) mass is 257 g/mol. The lowest BCUT2D eigenvalue weighted by atomic mass is 9.93. The Hall–Kier alpha value is -1.81. The first-order valence-corrected chi connectivity index (χ1v) is 6.72. The van der Waals surface area contributed by atoms with Gasteiger partial charge in [0.1, 0.15) is 11.9 Å². The Kier molecular flexibility index (Phi) is 3.03. The van der Waals surface area contributed by atoms with Gasteiger partial charge in [-0.05, 0) is 12.5 Å². The van der Waals surface area contributed by atoms with Crippen LogP contribution in [-0.2, 0) is 13.5 Å².